The molecular formula is C17H21N3O2. The van der Waals surface area contributed by atoms with Crippen LogP contribution in [0.5, 0.6) is 0 Å². The summed E-state index contributed by atoms with van der Waals surface area (Å²) in [5.41, 5.74) is 1.79. The second kappa shape index (κ2) is 6.32. The second-order valence-electron chi connectivity index (χ2n) is 5.89. The standard InChI is InChI=1S/C17H21N3O2/c1-19(14-7-9-15(21)10-8-14)17(22)20-11-16(18-12-20)13-5-3-2-4-6-13/h2-6,11-12,14-15,21H,7-10H2,1H3. The van der Waals surface area contributed by atoms with Gasteiger partial charge in [-0.05, 0) is 25.7 Å². The molecule has 5 nitrogen and oxygen atoms in total. The van der Waals surface area contributed by atoms with E-state index in [9.17, 15) is 9.90 Å². The summed E-state index contributed by atoms with van der Waals surface area (Å²) in [5, 5.41) is 9.58. The quantitative estimate of drug-likeness (QED) is 0.927. The molecule has 1 fully saturated rings. The summed E-state index contributed by atoms with van der Waals surface area (Å²) >= 11 is 0. The maximum Gasteiger partial charge on any atom is 0.329 e. The SMILES string of the molecule is CN(C(=O)n1cnc(-c2ccccc2)c1)C1CCC(O)CC1. The van der Waals surface area contributed by atoms with Crippen LogP contribution in [0.2, 0.25) is 0 Å². The lowest BCUT2D eigenvalue weighted by atomic mass is 9.92. The minimum atomic E-state index is -0.210. The molecule has 1 aliphatic carbocycles. The molecule has 0 bridgehead atoms. The van der Waals surface area contributed by atoms with E-state index >= 15 is 0 Å². The highest BCUT2D eigenvalue weighted by atomic mass is 16.3. The molecule has 0 saturated heterocycles. The third-order valence-electron chi connectivity index (χ3n) is 4.39. The van der Waals surface area contributed by atoms with Crippen LogP contribution in [0.15, 0.2) is 42.9 Å². The zero-order chi connectivity index (χ0) is 15.5. The van der Waals surface area contributed by atoms with Crippen molar-refractivity contribution in [3.63, 3.8) is 0 Å². The van der Waals surface area contributed by atoms with Gasteiger partial charge in [0.2, 0.25) is 0 Å². The van der Waals surface area contributed by atoms with Crippen molar-refractivity contribution < 1.29 is 9.90 Å². The summed E-state index contributed by atoms with van der Waals surface area (Å²) < 4.78 is 1.54. The van der Waals surface area contributed by atoms with Crippen LogP contribution in [0.1, 0.15) is 25.7 Å². The molecule has 0 unspecified atom stereocenters. The van der Waals surface area contributed by atoms with Crippen molar-refractivity contribution in [3.8, 4) is 11.3 Å². The van der Waals surface area contributed by atoms with Crippen LogP contribution in [0, 0.1) is 0 Å². The van der Waals surface area contributed by atoms with Gasteiger partial charge in [0.05, 0.1) is 11.8 Å². The number of aromatic nitrogens is 2. The van der Waals surface area contributed by atoms with Gasteiger partial charge in [-0.25, -0.2) is 9.78 Å². The first-order chi connectivity index (χ1) is 10.6. The van der Waals surface area contributed by atoms with Crippen LogP contribution in [0.4, 0.5) is 4.79 Å². The third-order valence-corrected chi connectivity index (χ3v) is 4.39. The predicted octanol–water partition coefficient (Wildman–Crippen LogP) is 2.75. The van der Waals surface area contributed by atoms with E-state index in [2.05, 4.69) is 4.98 Å². The number of rotatable bonds is 2. The second-order valence-corrected chi connectivity index (χ2v) is 5.89. The number of hydrogen-bond donors (Lipinski definition) is 1. The molecule has 116 valence electrons. The molecule has 0 atom stereocenters. The molecule has 1 aromatic carbocycles. The number of aliphatic hydroxyl groups excluding tert-OH is 1. The Morgan fingerprint density at radius 1 is 1.23 bits per heavy atom. The topological polar surface area (TPSA) is 58.4 Å². The summed E-state index contributed by atoms with van der Waals surface area (Å²) in [5.74, 6) is 0. The first kappa shape index (κ1) is 14.8. The molecule has 0 aliphatic heterocycles. The first-order valence-electron chi connectivity index (χ1n) is 7.70. The number of carbonyl (C=O) groups is 1. The van der Waals surface area contributed by atoms with Crippen LogP contribution in [0.25, 0.3) is 11.3 Å². The highest BCUT2D eigenvalue weighted by molar-refractivity contribution is 5.78. The average molecular weight is 299 g/mol. The zero-order valence-electron chi connectivity index (χ0n) is 12.7. The molecule has 5 heteroatoms. The van der Waals surface area contributed by atoms with Gasteiger partial charge < -0.3 is 10.0 Å². The normalized spacial score (nSPS) is 21.5. The Labute approximate surface area is 130 Å². The van der Waals surface area contributed by atoms with Crippen molar-refractivity contribution in [1.82, 2.24) is 14.5 Å². The fourth-order valence-corrected chi connectivity index (χ4v) is 2.97. The van der Waals surface area contributed by atoms with E-state index in [1.165, 1.54) is 4.57 Å². The Morgan fingerprint density at radius 2 is 1.91 bits per heavy atom. The fourth-order valence-electron chi connectivity index (χ4n) is 2.97. The molecule has 0 radical (unpaired) electrons. The van der Waals surface area contributed by atoms with Crippen LogP contribution in [-0.4, -0.2) is 44.8 Å². The highest BCUT2D eigenvalue weighted by Gasteiger charge is 2.26. The number of aliphatic hydroxyl groups is 1. The van der Waals surface area contributed by atoms with E-state index < -0.39 is 0 Å². The molecule has 1 aliphatic rings. The van der Waals surface area contributed by atoms with Gasteiger partial charge in [-0.2, -0.15) is 0 Å². The molecule has 3 rings (SSSR count). The number of nitrogens with zero attached hydrogens (tertiary/aromatic N) is 3. The molecule has 0 spiro atoms. The Hall–Kier alpha value is -2.14. The number of carbonyl (C=O) groups excluding carboxylic acids is 1. The van der Waals surface area contributed by atoms with E-state index in [-0.39, 0.29) is 18.2 Å². The average Bonchev–Trinajstić information content (AvgIpc) is 3.05. The van der Waals surface area contributed by atoms with Crippen LogP contribution in [0.3, 0.4) is 0 Å². The van der Waals surface area contributed by atoms with Crippen LogP contribution in [-0.2, 0) is 0 Å². The number of amides is 1. The minimum Gasteiger partial charge on any atom is -0.393 e. The van der Waals surface area contributed by atoms with Gasteiger partial charge in [0.15, 0.2) is 0 Å². The fraction of sp³-hybridized carbons (Fsp3) is 0.412. The molecule has 1 saturated carbocycles. The number of hydrogen-bond acceptors (Lipinski definition) is 3. The summed E-state index contributed by atoms with van der Waals surface area (Å²) in [6, 6.07) is 9.93. The van der Waals surface area contributed by atoms with Gasteiger partial charge in [-0.3, -0.25) is 4.57 Å². The Morgan fingerprint density at radius 3 is 2.59 bits per heavy atom. The van der Waals surface area contributed by atoms with Crippen molar-refractivity contribution in [2.75, 3.05) is 7.05 Å². The molecule has 22 heavy (non-hydrogen) atoms. The van der Waals surface area contributed by atoms with E-state index in [1.807, 2.05) is 37.4 Å². The van der Waals surface area contributed by atoms with Gasteiger partial charge in [0.1, 0.15) is 6.33 Å². The summed E-state index contributed by atoms with van der Waals surface area (Å²) in [6.45, 7) is 0. The third kappa shape index (κ3) is 3.04. The van der Waals surface area contributed by atoms with Gasteiger partial charge in [-0.15, -0.1) is 0 Å². The summed E-state index contributed by atoms with van der Waals surface area (Å²) in [4.78, 5) is 18.6. The van der Waals surface area contributed by atoms with Gasteiger partial charge in [0, 0.05) is 24.8 Å². The number of imidazole rings is 1. The Bertz CT molecular complexity index is 630. The van der Waals surface area contributed by atoms with Gasteiger partial charge in [-0.1, -0.05) is 30.3 Å². The summed E-state index contributed by atoms with van der Waals surface area (Å²) in [7, 11) is 1.83. The highest BCUT2D eigenvalue weighted by Crippen LogP contribution is 2.23. The van der Waals surface area contributed by atoms with Crippen molar-refractivity contribution >= 4 is 6.03 Å². The zero-order valence-corrected chi connectivity index (χ0v) is 12.7. The molecule has 1 amide bonds. The smallest absolute Gasteiger partial charge is 0.329 e. The van der Waals surface area contributed by atoms with E-state index in [4.69, 9.17) is 0 Å². The Kier molecular flexibility index (Phi) is 4.24. The molecule has 2 aromatic rings. The van der Waals surface area contributed by atoms with Crippen molar-refractivity contribution in [3.05, 3.63) is 42.9 Å². The van der Waals surface area contributed by atoms with Crippen LogP contribution >= 0.6 is 0 Å². The lowest BCUT2D eigenvalue weighted by molar-refractivity contribution is 0.0921. The van der Waals surface area contributed by atoms with Gasteiger partial charge >= 0.3 is 6.03 Å². The predicted molar refractivity (Wildman–Crippen MR) is 84.5 cm³/mol. The first-order valence-corrected chi connectivity index (χ1v) is 7.70. The molecule has 1 N–H and O–H groups in total. The number of benzene rings is 1. The maximum atomic E-state index is 12.6. The minimum absolute atomic E-state index is 0.0731. The van der Waals surface area contributed by atoms with Crippen molar-refractivity contribution in [1.29, 1.82) is 0 Å². The lowest BCUT2D eigenvalue weighted by Crippen LogP contribution is -2.42. The molecule has 1 heterocycles. The lowest BCUT2D eigenvalue weighted by Gasteiger charge is -2.32. The Balaban J connectivity index is 1.71. The largest absolute Gasteiger partial charge is 0.393 e. The van der Waals surface area contributed by atoms with E-state index in [1.54, 1.807) is 17.4 Å². The van der Waals surface area contributed by atoms with E-state index in [0.29, 0.717) is 0 Å². The van der Waals surface area contributed by atoms with Crippen molar-refractivity contribution in [2.24, 2.45) is 0 Å². The molecule has 1 aromatic heterocycles. The van der Waals surface area contributed by atoms with Crippen LogP contribution < -0.4 is 0 Å². The van der Waals surface area contributed by atoms with Crippen molar-refractivity contribution in [2.45, 2.75) is 37.8 Å². The monoisotopic (exact) mass is 299 g/mol. The molecular weight excluding hydrogens is 278 g/mol. The van der Waals surface area contributed by atoms with Gasteiger partial charge in [0.25, 0.3) is 0 Å². The summed E-state index contributed by atoms with van der Waals surface area (Å²) in [6.07, 6.45) is 6.36. The van der Waals surface area contributed by atoms with E-state index in [0.717, 1.165) is 36.9 Å². The maximum absolute atomic E-state index is 12.6.